The predicted octanol–water partition coefficient (Wildman–Crippen LogP) is 4.06. The normalized spacial score (nSPS) is 15.6. The Labute approximate surface area is 189 Å². The van der Waals surface area contributed by atoms with Crippen LogP contribution >= 0.6 is 35.3 Å². The fourth-order valence-electron chi connectivity index (χ4n) is 3.07. The number of anilines is 1. The fraction of sp³-hybridized carbons (Fsp3) is 0.476. The number of rotatable bonds is 7. The molecule has 28 heavy (non-hydrogen) atoms. The summed E-state index contributed by atoms with van der Waals surface area (Å²) in [6, 6.07) is 13.0. The quantitative estimate of drug-likeness (QED) is 0.333. The van der Waals surface area contributed by atoms with Gasteiger partial charge in [0, 0.05) is 42.7 Å². The van der Waals surface area contributed by atoms with E-state index >= 15 is 0 Å². The highest BCUT2D eigenvalue weighted by atomic mass is 127. The van der Waals surface area contributed by atoms with E-state index in [1.807, 2.05) is 11.3 Å². The second kappa shape index (κ2) is 12.3. The molecule has 0 saturated carbocycles. The van der Waals surface area contributed by atoms with E-state index in [4.69, 9.17) is 9.73 Å². The highest BCUT2D eigenvalue weighted by molar-refractivity contribution is 14.0. The molecule has 0 radical (unpaired) electrons. The van der Waals surface area contributed by atoms with Gasteiger partial charge in [-0.1, -0.05) is 25.1 Å². The van der Waals surface area contributed by atoms with Crippen LogP contribution in [0.25, 0.3) is 0 Å². The van der Waals surface area contributed by atoms with E-state index in [0.717, 1.165) is 45.4 Å². The average molecular weight is 514 g/mol. The first-order chi connectivity index (χ1) is 13.3. The van der Waals surface area contributed by atoms with E-state index in [0.29, 0.717) is 12.5 Å². The lowest BCUT2D eigenvalue weighted by Gasteiger charge is -2.28. The summed E-state index contributed by atoms with van der Waals surface area (Å²) < 4.78 is 5.42. The zero-order valence-electron chi connectivity index (χ0n) is 16.7. The lowest BCUT2D eigenvalue weighted by molar-refractivity contribution is 0.122. The Bertz CT molecular complexity index is 700. The van der Waals surface area contributed by atoms with E-state index in [-0.39, 0.29) is 24.0 Å². The van der Waals surface area contributed by atoms with Crippen LogP contribution in [0.1, 0.15) is 30.2 Å². The van der Waals surface area contributed by atoms with Gasteiger partial charge in [-0.25, -0.2) is 4.99 Å². The summed E-state index contributed by atoms with van der Waals surface area (Å²) in [6.07, 6.45) is 0. The summed E-state index contributed by atoms with van der Waals surface area (Å²) >= 11 is 1.81. The third-order valence-corrected chi connectivity index (χ3v) is 5.78. The summed E-state index contributed by atoms with van der Waals surface area (Å²) in [7, 11) is 0. The predicted molar refractivity (Wildman–Crippen MR) is 130 cm³/mol. The zero-order chi connectivity index (χ0) is 18.9. The molecule has 5 nitrogen and oxygen atoms in total. The van der Waals surface area contributed by atoms with Gasteiger partial charge in [-0.2, -0.15) is 0 Å². The minimum absolute atomic E-state index is 0. The van der Waals surface area contributed by atoms with Gasteiger partial charge >= 0.3 is 0 Å². The molecule has 0 aliphatic carbocycles. The van der Waals surface area contributed by atoms with Crippen molar-refractivity contribution in [3.63, 3.8) is 0 Å². The number of aliphatic imine (C=N–C) groups is 1. The van der Waals surface area contributed by atoms with Gasteiger partial charge in [0.25, 0.3) is 0 Å². The van der Waals surface area contributed by atoms with Crippen molar-refractivity contribution in [1.29, 1.82) is 0 Å². The fourth-order valence-corrected chi connectivity index (χ4v) is 3.85. The first-order valence-electron chi connectivity index (χ1n) is 9.73. The third kappa shape index (κ3) is 6.93. The van der Waals surface area contributed by atoms with E-state index in [9.17, 15) is 0 Å². The van der Waals surface area contributed by atoms with Crippen molar-refractivity contribution in [2.45, 2.75) is 26.3 Å². The van der Waals surface area contributed by atoms with Crippen LogP contribution in [0.5, 0.6) is 0 Å². The molecule has 1 aliphatic rings. The van der Waals surface area contributed by atoms with Gasteiger partial charge in [0.1, 0.15) is 0 Å². The molecule has 3 rings (SSSR count). The van der Waals surface area contributed by atoms with Gasteiger partial charge in [-0.3, -0.25) is 0 Å². The Balaban J connectivity index is 0.00000280. The summed E-state index contributed by atoms with van der Waals surface area (Å²) in [5.74, 6) is 1.35. The van der Waals surface area contributed by atoms with Gasteiger partial charge in [0.2, 0.25) is 0 Å². The molecular formula is C21H31IN4OS. The molecule has 1 aromatic carbocycles. The van der Waals surface area contributed by atoms with Crippen molar-refractivity contribution in [3.05, 3.63) is 52.2 Å². The van der Waals surface area contributed by atoms with Crippen LogP contribution in [0, 0.1) is 0 Å². The Morgan fingerprint density at radius 1 is 1.18 bits per heavy atom. The molecule has 7 heteroatoms. The largest absolute Gasteiger partial charge is 0.378 e. The molecule has 1 fully saturated rings. The van der Waals surface area contributed by atoms with E-state index < -0.39 is 0 Å². The SMILES string of the molecule is CCNC(=NCc1ccc(N2CCOCC2)cc1)NCC(C)c1cccs1.I. The number of hydrogen-bond donors (Lipinski definition) is 2. The Morgan fingerprint density at radius 2 is 1.93 bits per heavy atom. The number of hydrogen-bond acceptors (Lipinski definition) is 4. The van der Waals surface area contributed by atoms with Crippen molar-refractivity contribution >= 4 is 47.0 Å². The van der Waals surface area contributed by atoms with Crippen molar-refractivity contribution in [1.82, 2.24) is 10.6 Å². The lowest BCUT2D eigenvalue weighted by Crippen LogP contribution is -2.39. The highest BCUT2D eigenvalue weighted by Crippen LogP contribution is 2.20. The molecule has 154 valence electrons. The van der Waals surface area contributed by atoms with Gasteiger partial charge in [0.15, 0.2) is 5.96 Å². The van der Waals surface area contributed by atoms with Crippen LogP contribution in [0.2, 0.25) is 0 Å². The Kier molecular flexibility index (Phi) is 10.1. The molecule has 0 bridgehead atoms. The molecule has 2 N–H and O–H groups in total. The standard InChI is InChI=1S/C21H30N4OS.HI/c1-3-22-21(23-15-17(2)20-5-4-14-27-20)24-16-18-6-8-19(9-7-18)25-10-12-26-13-11-25;/h4-9,14,17H,3,10-13,15-16H2,1-2H3,(H2,22,23,24);1H. The molecule has 2 aromatic rings. The van der Waals surface area contributed by atoms with Gasteiger partial charge < -0.3 is 20.3 Å². The maximum atomic E-state index is 5.42. The Morgan fingerprint density at radius 3 is 2.57 bits per heavy atom. The van der Waals surface area contributed by atoms with Crippen LogP contribution < -0.4 is 15.5 Å². The van der Waals surface area contributed by atoms with Crippen LogP contribution in [-0.4, -0.2) is 45.4 Å². The number of nitrogens with zero attached hydrogens (tertiary/aromatic N) is 2. The second-order valence-corrected chi connectivity index (χ2v) is 7.74. The van der Waals surface area contributed by atoms with E-state index in [1.165, 1.54) is 16.1 Å². The molecule has 1 atom stereocenters. The summed E-state index contributed by atoms with van der Waals surface area (Å²) in [5.41, 5.74) is 2.48. The molecule has 1 unspecified atom stereocenters. The van der Waals surface area contributed by atoms with Crippen LogP contribution in [0.4, 0.5) is 5.69 Å². The zero-order valence-corrected chi connectivity index (χ0v) is 19.8. The molecule has 0 spiro atoms. The van der Waals surface area contributed by atoms with E-state index in [1.54, 1.807) is 0 Å². The first-order valence-corrected chi connectivity index (χ1v) is 10.6. The second-order valence-electron chi connectivity index (χ2n) is 6.76. The topological polar surface area (TPSA) is 48.9 Å². The van der Waals surface area contributed by atoms with Crippen molar-refractivity contribution in [2.24, 2.45) is 4.99 Å². The van der Waals surface area contributed by atoms with Gasteiger partial charge in [-0.05, 0) is 36.1 Å². The number of ether oxygens (including phenoxy) is 1. The smallest absolute Gasteiger partial charge is 0.191 e. The van der Waals surface area contributed by atoms with Crippen molar-refractivity contribution in [2.75, 3.05) is 44.3 Å². The van der Waals surface area contributed by atoms with Crippen LogP contribution in [-0.2, 0) is 11.3 Å². The summed E-state index contributed by atoms with van der Waals surface area (Å²) in [5, 5.41) is 8.93. The average Bonchev–Trinajstić information content (AvgIpc) is 3.26. The maximum Gasteiger partial charge on any atom is 0.191 e. The number of thiophene rings is 1. The maximum absolute atomic E-state index is 5.42. The van der Waals surface area contributed by atoms with E-state index in [2.05, 4.69) is 71.2 Å². The first kappa shape index (κ1) is 23.0. The minimum atomic E-state index is 0. The number of halogens is 1. The van der Waals surface area contributed by atoms with Crippen molar-refractivity contribution < 1.29 is 4.74 Å². The summed E-state index contributed by atoms with van der Waals surface area (Å²) in [4.78, 5) is 8.51. The summed E-state index contributed by atoms with van der Waals surface area (Å²) in [6.45, 7) is 10.3. The van der Waals surface area contributed by atoms with Gasteiger partial charge in [-0.15, -0.1) is 35.3 Å². The van der Waals surface area contributed by atoms with Crippen molar-refractivity contribution in [3.8, 4) is 0 Å². The van der Waals surface area contributed by atoms with Crippen LogP contribution in [0.15, 0.2) is 46.8 Å². The number of nitrogens with one attached hydrogen (secondary N) is 2. The molecule has 1 aromatic heterocycles. The monoisotopic (exact) mass is 514 g/mol. The lowest BCUT2D eigenvalue weighted by atomic mass is 10.1. The molecule has 0 amide bonds. The number of guanidine groups is 1. The van der Waals surface area contributed by atoms with Gasteiger partial charge in [0.05, 0.1) is 19.8 Å². The third-order valence-electron chi connectivity index (χ3n) is 4.68. The number of benzene rings is 1. The molecule has 1 saturated heterocycles. The van der Waals surface area contributed by atoms with Crippen LogP contribution in [0.3, 0.4) is 0 Å². The molecule has 1 aliphatic heterocycles. The molecule has 2 heterocycles. The minimum Gasteiger partial charge on any atom is -0.378 e. The highest BCUT2D eigenvalue weighted by Gasteiger charge is 2.11. The molecular weight excluding hydrogens is 483 g/mol. The number of morpholine rings is 1. The Hall–Kier alpha value is -1.32.